The van der Waals surface area contributed by atoms with Gasteiger partial charge in [-0.15, -0.1) is 0 Å². The molecule has 0 saturated carbocycles. The maximum Gasteiger partial charge on any atom is 0.243 e. The minimum atomic E-state index is -3.95. The van der Waals surface area contributed by atoms with Gasteiger partial charge in [-0.1, -0.05) is 57.9 Å². The molecule has 3 rings (SSSR count). The zero-order valence-electron chi connectivity index (χ0n) is 17.1. The Hall–Kier alpha value is -2.19. The number of hydrogen-bond acceptors (Lipinski definition) is 3. The molecule has 0 atom stereocenters. The Labute approximate surface area is 196 Å². The van der Waals surface area contributed by atoms with E-state index in [0.29, 0.717) is 16.3 Å². The van der Waals surface area contributed by atoms with Crippen LogP contribution in [0.4, 0.5) is 5.69 Å². The summed E-state index contributed by atoms with van der Waals surface area (Å²) in [5.41, 5.74) is 3.24. The zero-order valence-corrected chi connectivity index (χ0v) is 20.3. The van der Waals surface area contributed by atoms with Gasteiger partial charge in [0.1, 0.15) is 0 Å². The van der Waals surface area contributed by atoms with Crippen LogP contribution in [0, 0.1) is 13.8 Å². The molecule has 0 aliphatic rings. The second-order valence-electron chi connectivity index (χ2n) is 7.11. The van der Waals surface area contributed by atoms with Crippen molar-refractivity contribution in [1.29, 1.82) is 0 Å². The van der Waals surface area contributed by atoms with E-state index in [1.807, 2.05) is 26.0 Å². The molecule has 0 bridgehead atoms. The molecule has 0 aromatic heterocycles. The highest BCUT2D eigenvalue weighted by Gasteiger charge is 2.27. The molecule has 162 valence electrons. The average Bonchev–Trinajstić information content (AvgIpc) is 2.73. The molecule has 0 radical (unpaired) electrons. The molecule has 31 heavy (non-hydrogen) atoms. The first-order chi connectivity index (χ1) is 14.7. The van der Waals surface area contributed by atoms with Crippen molar-refractivity contribution in [3.63, 3.8) is 0 Å². The van der Waals surface area contributed by atoms with Gasteiger partial charge in [0, 0.05) is 21.7 Å². The van der Waals surface area contributed by atoms with Crippen molar-refractivity contribution in [1.82, 2.24) is 4.31 Å². The highest BCUT2D eigenvalue weighted by atomic mass is 79.9. The Balaban J connectivity index is 1.91. The lowest BCUT2D eigenvalue weighted by molar-refractivity contribution is -0.116. The first kappa shape index (κ1) is 23.5. The molecule has 1 amide bonds. The molecule has 0 aliphatic carbocycles. The molecule has 0 fully saturated rings. The van der Waals surface area contributed by atoms with Crippen LogP contribution < -0.4 is 5.32 Å². The van der Waals surface area contributed by atoms with Crippen LogP contribution in [0.15, 0.2) is 76.1 Å². The number of hydrogen-bond donors (Lipinski definition) is 1. The summed E-state index contributed by atoms with van der Waals surface area (Å²) < 4.78 is 28.6. The Kier molecular flexibility index (Phi) is 7.54. The molecule has 0 unspecified atom stereocenters. The minimum Gasteiger partial charge on any atom is -0.325 e. The second-order valence-corrected chi connectivity index (χ2v) is 10.4. The number of anilines is 1. The standard InChI is InChI=1S/C23H22BrClN2O3S/c1-16-6-5-9-22(17(16)2)26-23(28)15-27(14-18-7-3-4-8-21(18)25)31(29,30)20-12-10-19(24)11-13-20/h3-13H,14-15H2,1-2H3,(H,26,28). The first-order valence-electron chi connectivity index (χ1n) is 9.53. The second kappa shape index (κ2) is 9.96. The molecule has 3 aromatic carbocycles. The van der Waals surface area contributed by atoms with Gasteiger partial charge in [0.05, 0.1) is 11.4 Å². The van der Waals surface area contributed by atoms with Crippen molar-refractivity contribution in [3.8, 4) is 0 Å². The Morgan fingerprint density at radius 2 is 1.68 bits per heavy atom. The molecule has 0 saturated heterocycles. The van der Waals surface area contributed by atoms with Gasteiger partial charge in [-0.2, -0.15) is 4.31 Å². The summed E-state index contributed by atoms with van der Waals surface area (Å²) in [4.78, 5) is 12.9. The average molecular weight is 522 g/mol. The maximum absolute atomic E-state index is 13.4. The third-order valence-electron chi connectivity index (χ3n) is 4.95. The number of sulfonamides is 1. The molecule has 1 N–H and O–H groups in total. The summed E-state index contributed by atoms with van der Waals surface area (Å²) >= 11 is 9.57. The summed E-state index contributed by atoms with van der Waals surface area (Å²) in [5, 5.41) is 3.27. The van der Waals surface area contributed by atoms with E-state index in [1.165, 1.54) is 12.1 Å². The van der Waals surface area contributed by atoms with E-state index in [2.05, 4.69) is 21.2 Å². The van der Waals surface area contributed by atoms with Crippen molar-refractivity contribution in [3.05, 3.63) is 92.9 Å². The Bertz CT molecular complexity index is 1200. The SMILES string of the molecule is Cc1cccc(NC(=O)CN(Cc2ccccc2Cl)S(=O)(=O)c2ccc(Br)cc2)c1C. The van der Waals surface area contributed by atoms with Gasteiger partial charge in [-0.3, -0.25) is 4.79 Å². The number of carbonyl (C=O) groups excluding carboxylic acids is 1. The van der Waals surface area contributed by atoms with Crippen LogP contribution in [0.3, 0.4) is 0 Å². The van der Waals surface area contributed by atoms with Gasteiger partial charge in [0.15, 0.2) is 0 Å². The topological polar surface area (TPSA) is 66.5 Å². The quantitative estimate of drug-likeness (QED) is 0.443. The number of aryl methyl sites for hydroxylation is 1. The molecular weight excluding hydrogens is 500 g/mol. The Morgan fingerprint density at radius 1 is 1.00 bits per heavy atom. The number of nitrogens with zero attached hydrogens (tertiary/aromatic N) is 1. The van der Waals surface area contributed by atoms with E-state index in [9.17, 15) is 13.2 Å². The summed E-state index contributed by atoms with van der Waals surface area (Å²) in [6, 6.07) is 18.9. The van der Waals surface area contributed by atoms with Crippen LogP contribution >= 0.6 is 27.5 Å². The van der Waals surface area contributed by atoms with Crippen LogP contribution in [0.25, 0.3) is 0 Å². The van der Waals surface area contributed by atoms with Gasteiger partial charge < -0.3 is 5.32 Å². The van der Waals surface area contributed by atoms with Crippen LogP contribution in [-0.4, -0.2) is 25.2 Å². The number of benzene rings is 3. The fourth-order valence-electron chi connectivity index (χ4n) is 3.03. The molecule has 3 aromatic rings. The van der Waals surface area contributed by atoms with Gasteiger partial charge >= 0.3 is 0 Å². The molecule has 0 spiro atoms. The van der Waals surface area contributed by atoms with E-state index in [-0.39, 0.29) is 18.0 Å². The van der Waals surface area contributed by atoms with Crippen LogP contribution in [-0.2, 0) is 21.4 Å². The van der Waals surface area contributed by atoms with Gasteiger partial charge in [-0.05, 0) is 66.9 Å². The van der Waals surface area contributed by atoms with E-state index in [4.69, 9.17) is 11.6 Å². The summed E-state index contributed by atoms with van der Waals surface area (Å²) in [6.45, 7) is 3.48. The zero-order chi connectivity index (χ0) is 22.6. The van der Waals surface area contributed by atoms with Crippen molar-refractivity contribution < 1.29 is 13.2 Å². The lowest BCUT2D eigenvalue weighted by Crippen LogP contribution is -2.37. The first-order valence-corrected chi connectivity index (χ1v) is 12.1. The van der Waals surface area contributed by atoms with E-state index in [1.54, 1.807) is 42.5 Å². The Morgan fingerprint density at radius 3 is 2.35 bits per heavy atom. The monoisotopic (exact) mass is 520 g/mol. The largest absolute Gasteiger partial charge is 0.325 e. The number of nitrogens with one attached hydrogen (secondary N) is 1. The minimum absolute atomic E-state index is 0.0295. The molecule has 8 heteroatoms. The fourth-order valence-corrected chi connectivity index (χ4v) is 4.87. The molecule has 5 nitrogen and oxygen atoms in total. The molecule has 0 heterocycles. The number of rotatable bonds is 7. The van der Waals surface area contributed by atoms with Gasteiger partial charge in [0.25, 0.3) is 0 Å². The third-order valence-corrected chi connectivity index (χ3v) is 7.66. The van der Waals surface area contributed by atoms with Crippen molar-refractivity contribution in [2.45, 2.75) is 25.3 Å². The fraction of sp³-hybridized carbons (Fsp3) is 0.174. The summed E-state index contributed by atoms with van der Waals surface area (Å²) in [7, 11) is -3.95. The van der Waals surface area contributed by atoms with Crippen molar-refractivity contribution >= 4 is 49.1 Å². The van der Waals surface area contributed by atoms with E-state index < -0.39 is 15.9 Å². The van der Waals surface area contributed by atoms with Crippen LogP contribution in [0.5, 0.6) is 0 Å². The third kappa shape index (κ3) is 5.74. The number of amides is 1. The number of halogens is 2. The molecular formula is C23H22BrClN2O3S. The lowest BCUT2D eigenvalue weighted by Gasteiger charge is -2.23. The normalized spacial score (nSPS) is 11.5. The summed E-state index contributed by atoms with van der Waals surface area (Å²) in [6.07, 6.45) is 0. The molecule has 0 aliphatic heterocycles. The van der Waals surface area contributed by atoms with Gasteiger partial charge in [-0.25, -0.2) is 8.42 Å². The van der Waals surface area contributed by atoms with Crippen molar-refractivity contribution in [2.75, 3.05) is 11.9 Å². The smallest absolute Gasteiger partial charge is 0.243 e. The van der Waals surface area contributed by atoms with Crippen molar-refractivity contribution in [2.24, 2.45) is 0 Å². The maximum atomic E-state index is 13.4. The number of carbonyl (C=O) groups is 1. The highest BCUT2D eigenvalue weighted by Crippen LogP contribution is 2.24. The highest BCUT2D eigenvalue weighted by molar-refractivity contribution is 9.10. The van der Waals surface area contributed by atoms with Gasteiger partial charge in [0.2, 0.25) is 15.9 Å². The van der Waals surface area contributed by atoms with E-state index >= 15 is 0 Å². The van der Waals surface area contributed by atoms with Crippen LogP contribution in [0.2, 0.25) is 5.02 Å². The van der Waals surface area contributed by atoms with E-state index in [0.717, 1.165) is 19.9 Å². The predicted octanol–water partition coefficient (Wildman–Crippen LogP) is 5.55. The predicted molar refractivity (Wildman–Crippen MR) is 128 cm³/mol. The lowest BCUT2D eigenvalue weighted by atomic mass is 10.1. The summed E-state index contributed by atoms with van der Waals surface area (Å²) in [5.74, 6) is -0.429. The van der Waals surface area contributed by atoms with Crippen LogP contribution in [0.1, 0.15) is 16.7 Å².